The van der Waals surface area contributed by atoms with Crippen LogP contribution >= 0.6 is 0 Å². The van der Waals surface area contributed by atoms with Crippen molar-refractivity contribution in [2.24, 2.45) is 11.8 Å². The van der Waals surface area contributed by atoms with Crippen LogP contribution in [0, 0.1) is 11.8 Å². The SMILES string of the molecule is C1=CC2C(C1)CC2NCCOc1ccccc1. The number of benzene rings is 1. The van der Waals surface area contributed by atoms with Crippen LogP contribution in [0.2, 0.25) is 0 Å². The summed E-state index contributed by atoms with van der Waals surface area (Å²) in [5, 5.41) is 3.58. The molecule has 0 amide bonds. The fourth-order valence-electron chi connectivity index (χ4n) is 2.88. The molecule has 90 valence electrons. The highest BCUT2D eigenvalue weighted by Crippen LogP contribution is 2.42. The Bertz CT molecular complexity index is 387. The summed E-state index contributed by atoms with van der Waals surface area (Å²) in [5.41, 5.74) is 0. The zero-order valence-electron chi connectivity index (χ0n) is 10.0. The smallest absolute Gasteiger partial charge is 0.119 e. The van der Waals surface area contributed by atoms with E-state index in [2.05, 4.69) is 17.5 Å². The molecule has 2 aliphatic carbocycles. The normalized spacial score (nSPS) is 29.8. The number of rotatable bonds is 5. The van der Waals surface area contributed by atoms with Gasteiger partial charge in [0.25, 0.3) is 0 Å². The molecule has 0 heterocycles. The van der Waals surface area contributed by atoms with E-state index in [-0.39, 0.29) is 0 Å². The first-order valence-electron chi connectivity index (χ1n) is 6.51. The van der Waals surface area contributed by atoms with Crippen LogP contribution in [0.25, 0.3) is 0 Å². The molecule has 0 aromatic heterocycles. The fraction of sp³-hybridized carbons (Fsp3) is 0.467. The number of nitrogens with one attached hydrogen (secondary N) is 1. The number of ether oxygens (including phenoxy) is 1. The summed E-state index contributed by atoms with van der Waals surface area (Å²) >= 11 is 0. The highest BCUT2D eigenvalue weighted by molar-refractivity contribution is 5.20. The molecule has 2 heteroatoms. The molecule has 2 aliphatic rings. The van der Waals surface area contributed by atoms with Crippen molar-refractivity contribution >= 4 is 0 Å². The number of para-hydroxylation sites is 1. The maximum absolute atomic E-state index is 5.66. The van der Waals surface area contributed by atoms with Crippen molar-refractivity contribution in [3.8, 4) is 5.75 Å². The van der Waals surface area contributed by atoms with Gasteiger partial charge in [0, 0.05) is 12.6 Å². The summed E-state index contributed by atoms with van der Waals surface area (Å²) < 4.78 is 5.66. The quantitative estimate of drug-likeness (QED) is 0.619. The summed E-state index contributed by atoms with van der Waals surface area (Å²) in [5.74, 6) is 2.69. The standard InChI is InChI=1S/C15H19NO/c1-2-6-13(7-3-1)17-10-9-16-15-11-12-5-4-8-14(12)15/h1-4,6-8,12,14-16H,5,9-11H2. The Morgan fingerprint density at radius 2 is 2.12 bits per heavy atom. The van der Waals surface area contributed by atoms with Gasteiger partial charge in [0.2, 0.25) is 0 Å². The van der Waals surface area contributed by atoms with E-state index < -0.39 is 0 Å². The first-order chi connectivity index (χ1) is 8.43. The van der Waals surface area contributed by atoms with Crippen molar-refractivity contribution < 1.29 is 4.74 Å². The number of allylic oxidation sites excluding steroid dienone is 1. The zero-order valence-corrected chi connectivity index (χ0v) is 10.0. The van der Waals surface area contributed by atoms with Gasteiger partial charge in [-0.25, -0.2) is 0 Å². The maximum Gasteiger partial charge on any atom is 0.119 e. The lowest BCUT2D eigenvalue weighted by Gasteiger charge is -2.40. The second kappa shape index (κ2) is 4.92. The highest BCUT2D eigenvalue weighted by atomic mass is 16.5. The van der Waals surface area contributed by atoms with Gasteiger partial charge in [-0.05, 0) is 36.8 Å². The van der Waals surface area contributed by atoms with E-state index in [9.17, 15) is 0 Å². The topological polar surface area (TPSA) is 21.3 Å². The van der Waals surface area contributed by atoms with Crippen molar-refractivity contribution in [2.75, 3.05) is 13.2 Å². The average molecular weight is 229 g/mol. The molecule has 1 saturated carbocycles. The molecule has 2 nitrogen and oxygen atoms in total. The minimum atomic E-state index is 0.693. The summed E-state index contributed by atoms with van der Waals surface area (Å²) in [6, 6.07) is 10.7. The molecular formula is C15H19NO. The van der Waals surface area contributed by atoms with Crippen LogP contribution in [0.4, 0.5) is 0 Å². The predicted molar refractivity (Wildman–Crippen MR) is 69.1 cm³/mol. The highest BCUT2D eigenvalue weighted by Gasteiger charge is 2.40. The summed E-state index contributed by atoms with van der Waals surface area (Å²) in [6.07, 6.45) is 7.34. The maximum atomic E-state index is 5.66. The van der Waals surface area contributed by atoms with E-state index in [1.165, 1.54) is 12.8 Å². The molecule has 17 heavy (non-hydrogen) atoms. The number of hydrogen-bond donors (Lipinski definition) is 1. The zero-order chi connectivity index (χ0) is 11.5. The van der Waals surface area contributed by atoms with Crippen LogP contribution in [-0.2, 0) is 0 Å². The van der Waals surface area contributed by atoms with E-state index in [4.69, 9.17) is 4.74 Å². The van der Waals surface area contributed by atoms with Crippen LogP contribution in [-0.4, -0.2) is 19.2 Å². The first-order valence-corrected chi connectivity index (χ1v) is 6.51. The largest absolute Gasteiger partial charge is 0.492 e. The van der Waals surface area contributed by atoms with Gasteiger partial charge in [-0.3, -0.25) is 0 Å². The lowest BCUT2D eigenvalue weighted by molar-refractivity contribution is 0.156. The van der Waals surface area contributed by atoms with Crippen molar-refractivity contribution in [3.05, 3.63) is 42.5 Å². The lowest BCUT2D eigenvalue weighted by atomic mass is 9.71. The molecule has 0 aliphatic heterocycles. The second-order valence-corrected chi connectivity index (χ2v) is 4.96. The Labute approximate surface area is 103 Å². The van der Waals surface area contributed by atoms with Crippen LogP contribution in [0.3, 0.4) is 0 Å². The van der Waals surface area contributed by atoms with Gasteiger partial charge in [0.1, 0.15) is 12.4 Å². The third-order valence-electron chi connectivity index (χ3n) is 3.88. The third-order valence-corrected chi connectivity index (χ3v) is 3.88. The summed E-state index contributed by atoms with van der Waals surface area (Å²) in [4.78, 5) is 0. The molecule has 0 spiro atoms. The van der Waals surface area contributed by atoms with Gasteiger partial charge < -0.3 is 10.1 Å². The predicted octanol–water partition coefficient (Wildman–Crippen LogP) is 2.62. The van der Waals surface area contributed by atoms with Gasteiger partial charge in [-0.15, -0.1) is 0 Å². The summed E-state index contributed by atoms with van der Waals surface area (Å²) in [6.45, 7) is 1.69. The Hall–Kier alpha value is -1.28. The second-order valence-electron chi connectivity index (χ2n) is 4.96. The molecule has 1 fully saturated rings. The molecule has 0 bridgehead atoms. The minimum absolute atomic E-state index is 0.693. The van der Waals surface area contributed by atoms with Gasteiger partial charge in [0.15, 0.2) is 0 Å². The van der Waals surface area contributed by atoms with Crippen LogP contribution in [0.1, 0.15) is 12.8 Å². The molecule has 1 aromatic carbocycles. The molecule has 0 radical (unpaired) electrons. The van der Waals surface area contributed by atoms with Gasteiger partial charge in [-0.1, -0.05) is 30.4 Å². The van der Waals surface area contributed by atoms with E-state index in [0.717, 1.165) is 30.7 Å². The monoisotopic (exact) mass is 229 g/mol. The van der Waals surface area contributed by atoms with Gasteiger partial charge >= 0.3 is 0 Å². The Balaban J connectivity index is 1.35. The minimum Gasteiger partial charge on any atom is -0.492 e. The van der Waals surface area contributed by atoms with E-state index in [1.807, 2.05) is 30.3 Å². The van der Waals surface area contributed by atoms with Crippen molar-refractivity contribution in [1.82, 2.24) is 5.32 Å². The lowest BCUT2D eigenvalue weighted by Crippen LogP contribution is -2.49. The van der Waals surface area contributed by atoms with E-state index in [1.54, 1.807) is 0 Å². The average Bonchev–Trinajstić information content (AvgIpc) is 2.72. The van der Waals surface area contributed by atoms with Gasteiger partial charge in [0.05, 0.1) is 0 Å². The third kappa shape index (κ3) is 2.37. The van der Waals surface area contributed by atoms with Crippen LogP contribution in [0.15, 0.2) is 42.5 Å². The van der Waals surface area contributed by atoms with Crippen LogP contribution < -0.4 is 10.1 Å². The van der Waals surface area contributed by atoms with E-state index in [0.29, 0.717) is 6.04 Å². The van der Waals surface area contributed by atoms with Crippen molar-refractivity contribution in [1.29, 1.82) is 0 Å². The molecule has 3 unspecified atom stereocenters. The van der Waals surface area contributed by atoms with Crippen molar-refractivity contribution in [3.63, 3.8) is 0 Å². The molecule has 3 atom stereocenters. The molecule has 3 rings (SSSR count). The number of fused-ring (bicyclic) bond motifs is 1. The van der Waals surface area contributed by atoms with Gasteiger partial charge in [-0.2, -0.15) is 0 Å². The fourth-order valence-corrected chi connectivity index (χ4v) is 2.88. The Kier molecular flexibility index (Phi) is 3.14. The summed E-state index contributed by atoms with van der Waals surface area (Å²) in [7, 11) is 0. The van der Waals surface area contributed by atoms with Crippen molar-refractivity contribution in [2.45, 2.75) is 18.9 Å². The molecule has 1 N–H and O–H groups in total. The molecule has 0 saturated heterocycles. The Morgan fingerprint density at radius 1 is 1.24 bits per heavy atom. The molecular weight excluding hydrogens is 210 g/mol. The van der Waals surface area contributed by atoms with Crippen LogP contribution in [0.5, 0.6) is 5.75 Å². The number of hydrogen-bond acceptors (Lipinski definition) is 2. The molecule has 1 aromatic rings. The first kappa shape index (κ1) is 10.8. The Morgan fingerprint density at radius 3 is 2.94 bits per heavy atom. The van der Waals surface area contributed by atoms with E-state index >= 15 is 0 Å².